The first-order valence-electron chi connectivity index (χ1n) is 8.07. The minimum absolute atomic E-state index is 0.201. The molecule has 1 rings (SSSR count). The van der Waals surface area contributed by atoms with Crippen molar-refractivity contribution in [3.8, 4) is 0 Å². The molecule has 0 saturated heterocycles. The first kappa shape index (κ1) is 20.4. The third-order valence-corrected chi connectivity index (χ3v) is 4.01. The predicted octanol–water partition coefficient (Wildman–Crippen LogP) is 2.77. The highest BCUT2D eigenvalue weighted by atomic mass is 19.4. The van der Waals surface area contributed by atoms with Gasteiger partial charge in [-0.3, -0.25) is 9.69 Å². The van der Waals surface area contributed by atoms with Gasteiger partial charge in [0.1, 0.15) is 6.04 Å². The largest absolute Gasteiger partial charge is 0.416 e. The molecule has 1 amide bonds. The highest BCUT2D eigenvalue weighted by Crippen LogP contribution is 2.32. The van der Waals surface area contributed by atoms with Gasteiger partial charge >= 0.3 is 6.18 Å². The van der Waals surface area contributed by atoms with Gasteiger partial charge in [-0.05, 0) is 37.8 Å². The van der Waals surface area contributed by atoms with Crippen LogP contribution >= 0.6 is 0 Å². The van der Waals surface area contributed by atoms with Crippen LogP contribution in [0.3, 0.4) is 0 Å². The Morgan fingerprint density at radius 3 is 2.38 bits per heavy atom. The van der Waals surface area contributed by atoms with Crippen LogP contribution in [0.5, 0.6) is 0 Å². The van der Waals surface area contributed by atoms with Crippen LogP contribution in [0, 0.1) is 0 Å². The average molecular weight is 345 g/mol. The second-order valence-electron chi connectivity index (χ2n) is 5.61. The van der Waals surface area contributed by atoms with Crippen molar-refractivity contribution in [2.45, 2.75) is 26.1 Å². The van der Waals surface area contributed by atoms with Gasteiger partial charge in [0.05, 0.1) is 5.56 Å². The molecular weight excluding hydrogens is 319 g/mol. The monoisotopic (exact) mass is 345 g/mol. The van der Waals surface area contributed by atoms with Crippen LogP contribution in [-0.2, 0) is 11.0 Å². The molecule has 0 spiro atoms. The number of benzene rings is 1. The smallest absolute Gasteiger partial charge is 0.343 e. The van der Waals surface area contributed by atoms with E-state index in [-0.39, 0.29) is 5.91 Å². The molecule has 1 unspecified atom stereocenters. The van der Waals surface area contributed by atoms with Gasteiger partial charge in [0.15, 0.2) is 0 Å². The number of hydrogen-bond acceptors (Lipinski definition) is 3. The fourth-order valence-corrected chi connectivity index (χ4v) is 2.58. The first-order valence-corrected chi connectivity index (χ1v) is 8.07. The molecule has 136 valence electrons. The van der Waals surface area contributed by atoms with Gasteiger partial charge in [0.25, 0.3) is 0 Å². The summed E-state index contributed by atoms with van der Waals surface area (Å²) in [5.74, 6) is -0.201. The fraction of sp³-hybridized carbons (Fsp3) is 0.588. The van der Waals surface area contributed by atoms with Crippen molar-refractivity contribution >= 4 is 5.91 Å². The van der Waals surface area contributed by atoms with E-state index in [4.69, 9.17) is 0 Å². The van der Waals surface area contributed by atoms with Crippen molar-refractivity contribution in [3.63, 3.8) is 0 Å². The number of nitrogens with zero attached hydrogens (tertiary/aromatic N) is 2. The third-order valence-electron chi connectivity index (χ3n) is 4.01. The molecule has 4 nitrogen and oxygen atoms in total. The van der Waals surface area contributed by atoms with Crippen LogP contribution < -0.4 is 5.32 Å². The number of likely N-dealkylation sites (N-methyl/N-ethyl adjacent to an activating group) is 3. The van der Waals surface area contributed by atoms with Gasteiger partial charge in [-0.2, -0.15) is 13.2 Å². The minimum atomic E-state index is -4.43. The number of carbonyl (C=O) groups excluding carboxylic acids is 1. The van der Waals surface area contributed by atoms with E-state index in [1.54, 1.807) is 25.1 Å². The SMILES string of the molecule is CCN(CC)C(C(=O)N(C)CCNC)c1cccc(C(F)(F)F)c1. The molecule has 1 N–H and O–H groups in total. The van der Waals surface area contributed by atoms with Gasteiger partial charge in [-0.15, -0.1) is 0 Å². The zero-order chi connectivity index (χ0) is 18.3. The standard InChI is InChI=1S/C17H26F3N3O/c1-5-23(6-2)15(16(24)22(4)11-10-21-3)13-8-7-9-14(12-13)17(18,19)20/h7-9,12,15,21H,5-6,10-11H2,1-4H3. The molecule has 0 heterocycles. The Bertz CT molecular complexity index is 530. The second kappa shape index (κ2) is 9.03. The lowest BCUT2D eigenvalue weighted by molar-refractivity contribution is -0.139. The average Bonchev–Trinajstić information content (AvgIpc) is 2.56. The lowest BCUT2D eigenvalue weighted by Gasteiger charge is -2.32. The van der Waals surface area contributed by atoms with Crippen molar-refractivity contribution in [2.75, 3.05) is 40.3 Å². The molecule has 1 aromatic carbocycles. The van der Waals surface area contributed by atoms with E-state index < -0.39 is 17.8 Å². The highest BCUT2D eigenvalue weighted by molar-refractivity contribution is 5.83. The number of halogens is 3. The van der Waals surface area contributed by atoms with Crippen LogP contribution in [0.1, 0.15) is 31.0 Å². The van der Waals surface area contributed by atoms with Crippen molar-refractivity contribution in [1.29, 1.82) is 0 Å². The molecule has 0 radical (unpaired) electrons. The Morgan fingerprint density at radius 2 is 1.88 bits per heavy atom. The summed E-state index contributed by atoms with van der Waals surface area (Å²) in [6.45, 7) is 6.05. The molecule has 0 aliphatic heterocycles. The summed E-state index contributed by atoms with van der Waals surface area (Å²) < 4.78 is 39.0. The van der Waals surface area contributed by atoms with Gasteiger partial charge in [0, 0.05) is 20.1 Å². The number of rotatable bonds is 8. The van der Waals surface area contributed by atoms with E-state index in [9.17, 15) is 18.0 Å². The maximum atomic E-state index is 13.0. The number of amides is 1. The molecule has 1 atom stereocenters. The van der Waals surface area contributed by atoms with E-state index in [1.165, 1.54) is 6.07 Å². The third kappa shape index (κ3) is 5.21. The lowest BCUT2D eigenvalue weighted by Crippen LogP contribution is -2.43. The van der Waals surface area contributed by atoms with Crippen LogP contribution in [0.2, 0.25) is 0 Å². The van der Waals surface area contributed by atoms with E-state index in [0.717, 1.165) is 12.1 Å². The first-order chi connectivity index (χ1) is 11.3. The Balaban J connectivity index is 3.22. The number of carbonyl (C=O) groups is 1. The summed E-state index contributed by atoms with van der Waals surface area (Å²) in [5.41, 5.74) is -0.363. The zero-order valence-electron chi connectivity index (χ0n) is 14.7. The lowest BCUT2D eigenvalue weighted by atomic mass is 10.0. The summed E-state index contributed by atoms with van der Waals surface area (Å²) in [4.78, 5) is 16.3. The summed E-state index contributed by atoms with van der Waals surface area (Å²) in [7, 11) is 3.46. The predicted molar refractivity (Wildman–Crippen MR) is 88.7 cm³/mol. The minimum Gasteiger partial charge on any atom is -0.343 e. The molecule has 0 fully saturated rings. The zero-order valence-corrected chi connectivity index (χ0v) is 14.7. The maximum absolute atomic E-state index is 13.0. The fourth-order valence-electron chi connectivity index (χ4n) is 2.58. The van der Waals surface area contributed by atoms with Crippen LogP contribution in [0.4, 0.5) is 13.2 Å². The summed E-state index contributed by atoms with van der Waals surface area (Å²) in [6, 6.07) is 4.33. The maximum Gasteiger partial charge on any atom is 0.416 e. The van der Waals surface area contributed by atoms with Gasteiger partial charge in [0.2, 0.25) is 5.91 Å². The van der Waals surface area contributed by atoms with Gasteiger partial charge in [-0.25, -0.2) is 0 Å². The summed E-state index contributed by atoms with van der Waals surface area (Å²) in [6.07, 6.45) is -4.43. The normalized spacial score (nSPS) is 13.2. The number of hydrogen-bond donors (Lipinski definition) is 1. The van der Waals surface area contributed by atoms with E-state index >= 15 is 0 Å². The van der Waals surface area contributed by atoms with Crippen molar-refractivity contribution in [3.05, 3.63) is 35.4 Å². The van der Waals surface area contributed by atoms with Crippen molar-refractivity contribution in [2.24, 2.45) is 0 Å². The highest BCUT2D eigenvalue weighted by Gasteiger charge is 2.33. The number of alkyl halides is 3. The summed E-state index contributed by atoms with van der Waals surface area (Å²) >= 11 is 0. The molecule has 0 bridgehead atoms. The summed E-state index contributed by atoms with van der Waals surface area (Å²) in [5, 5.41) is 2.96. The Hall–Kier alpha value is -1.60. The van der Waals surface area contributed by atoms with Crippen LogP contribution in [0.15, 0.2) is 24.3 Å². The molecule has 0 aromatic heterocycles. The van der Waals surface area contributed by atoms with Gasteiger partial charge < -0.3 is 10.2 Å². The molecule has 0 aliphatic rings. The van der Waals surface area contributed by atoms with Gasteiger partial charge in [-0.1, -0.05) is 26.0 Å². The van der Waals surface area contributed by atoms with E-state index in [1.807, 2.05) is 18.7 Å². The Labute approximate surface area is 141 Å². The Morgan fingerprint density at radius 1 is 1.25 bits per heavy atom. The van der Waals surface area contributed by atoms with Crippen LogP contribution in [-0.4, -0.2) is 56.0 Å². The molecule has 0 aliphatic carbocycles. The van der Waals surface area contributed by atoms with Crippen molar-refractivity contribution < 1.29 is 18.0 Å². The molecule has 7 heteroatoms. The molecule has 1 aromatic rings. The van der Waals surface area contributed by atoms with Crippen LogP contribution in [0.25, 0.3) is 0 Å². The quantitative estimate of drug-likeness (QED) is 0.787. The molecule has 24 heavy (non-hydrogen) atoms. The van der Waals surface area contributed by atoms with E-state index in [2.05, 4.69) is 5.32 Å². The molecular formula is C17H26F3N3O. The molecule has 0 saturated carbocycles. The van der Waals surface area contributed by atoms with E-state index in [0.29, 0.717) is 31.7 Å². The topological polar surface area (TPSA) is 35.6 Å². The number of nitrogens with one attached hydrogen (secondary N) is 1. The Kier molecular flexibility index (Phi) is 7.69. The second-order valence-corrected chi connectivity index (χ2v) is 5.61. The van der Waals surface area contributed by atoms with Crippen molar-refractivity contribution in [1.82, 2.24) is 15.1 Å².